The molecule has 2 amide bonds. The maximum absolute atomic E-state index is 12.9. The first kappa shape index (κ1) is 22.6. The monoisotopic (exact) mass is 512 g/mol. The van der Waals surface area contributed by atoms with Gasteiger partial charge >= 0.3 is 0 Å². The molecule has 1 aliphatic carbocycles. The fraction of sp³-hybridized carbons (Fsp3) is 0.333. The molecule has 1 aliphatic rings. The molecule has 166 valence electrons. The number of hydrogen-bond donors (Lipinski definition) is 1. The first-order valence-corrected chi connectivity index (χ1v) is 12.4. The molecule has 8 heteroatoms. The topological polar surface area (TPSA) is 75.2 Å². The third-order valence-corrected chi connectivity index (χ3v) is 7.07. The fourth-order valence-electron chi connectivity index (χ4n) is 3.56. The summed E-state index contributed by atoms with van der Waals surface area (Å²) in [4.78, 5) is 27.3. The van der Waals surface area contributed by atoms with Crippen LogP contribution in [0.2, 0.25) is 0 Å². The van der Waals surface area contributed by atoms with Gasteiger partial charge in [0.1, 0.15) is 5.01 Å². The molecule has 4 rings (SSSR count). The van der Waals surface area contributed by atoms with Crippen molar-refractivity contribution in [1.29, 1.82) is 0 Å². The molecule has 0 radical (unpaired) electrons. The van der Waals surface area contributed by atoms with E-state index in [9.17, 15) is 9.59 Å². The van der Waals surface area contributed by atoms with Crippen molar-refractivity contribution in [1.82, 2.24) is 15.1 Å². The van der Waals surface area contributed by atoms with Crippen LogP contribution in [0.25, 0.3) is 10.6 Å². The van der Waals surface area contributed by atoms with Gasteiger partial charge in [-0.25, -0.2) is 0 Å². The highest BCUT2D eigenvalue weighted by molar-refractivity contribution is 9.10. The molecule has 32 heavy (non-hydrogen) atoms. The normalized spacial score (nSPS) is 13.4. The minimum Gasteiger partial charge on any atom is -0.342 e. The minimum absolute atomic E-state index is 0.116. The van der Waals surface area contributed by atoms with Crippen LogP contribution >= 0.6 is 27.3 Å². The zero-order chi connectivity index (χ0) is 22.3. The Kier molecular flexibility index (Phi) is 7.65. The van der Waals surface area contributed by atoms with Gasteiger partial charge < -0.3 is 10.2 Å². The van der Waals surface area contributed by atoms with Gasteiger partial charge in [0, 0.05) is 35.5 Å². The third kappa shape index (κ3) is 6.01. The Morgan fingerprint density at radius 2 is 1.78 bits per heavy atom. The molecule has 0 saturated heterocycles. The van der Waals surface area contributed by atoms with E-state index in [4.69, 9.17) is 0 Å². The van der Waals surface area contributed by atoms with Gasteiger partial charge in [-0.2, -0.15) is 0 Å². The van der Waals surface area contributed by atoms with Crippen molar-refractivity contribution in [3.63, 3.8) is 0 Å². The summed E-state index contributed by atoms with van der Waals surface area (Å²) in [5.41, 5.74) is 2.14. The lowest BCUT2D eigenvalue weighted by molar-refractivity contribution is -0.138. The van der Waals surface area contributed by atoms with Crippen molar-refractivity contribution < 1.29 is 9.59 Å². The van der Waals surface area contributed by atoms with Gasteiger partial charge in [-0.3, -0.25) is 9.59 Å². The quantitative estimate of drug-likeness (QED) is 0.429. The summed E-state index contributed by atoms with van der Waals surface area (Å²) in [5.74, 6) is 0.133. The number of carbonyl (C=O) groups excluding carboxylic acids is 2. The maximum Gasteiger partial charge on any atom is 0.227 e. The van der Waals surface area contributed by atoms with Crippen LogP contribution in [0.3, 0.4) is 0 Å². The molecule has 0 aliphatic heterocycles. The average molecular weight is 513 g/mol. The number of aromatic nitrogens is 2. The lowest BCUT2D eigenvalue weighted by Crippen LogP contribution is -2.41. The van der Waals surface area contributed by atoms with Gasteiger partial charge in [0.15, 0.2) is 0 Å². The Balaban J connectivity index is 1.32. The van der Waals surface area contributed by atoms with Gasteiger partial charge in [0.2, 0.25) is 16.9 Å². The van der Waals surface area contributed by atoms with Crippen LogP contribution in [-0.4, -0.2) is 40.0 Å². The summed E-state index contributed by atoms with van der Waals surface area (Å²) in [5, 5.41) is 12.3. The number of amides is 2. The largest absolute Gasteiger partial charge is 0.342 e. The van der Waals surface area contributed by atoms with Crippen LogP contribution in [0.1, 0.15) is 31.2 Å². The molecule has 1 N–H and O–H groups in total. The summed E-state index contributed by atoms with van der Waals surface area (Å²) >= 11 is 4.75. The van der Waals surface area contributed by atoms with E-state index in [2.05, 4.69) is 43.6 Å². The minimum atomic E-state index is -0.158. The summed E-state index contributed by atoms with van der Waals surface area (Å²) in [7, 11) is 0. The van der Waals surface area contributed by atoms with Crippen LogP contribution in [0, 0.1) is 5.92 Å². The molecule has 1 heterocycles. The highest BCUT2D eigenvalue weighted by Crippen LogP contribution is 2.29. The number of halogens is 1. The van der Waals surface area contributed by atoms with E-state index in [0.717, 1.165) is 40.7 Å². The predicted molar refractivity (Wildman–Crippen MR) is 130 cm³/mol. The predicted octanol–water partition coefficient (Wildman–Crippen LogP) is 5.17. The van der Waals surface area contributed by atoms with Crippen molar-refractivity contribution in [2.45, 2.75) is 32.1 Å². The van der Waals surface area contributed by atoms with Crippen LogP contribution in [0.5, 0.6) is 0 Å². The number of anilines is 1. The lowest BCUT2D eigenvalue weighted by atomic mass is 9.84. The van der Waals surface area contributed by atoms with Gasteiger partial charge in [0.05, 0.1) is 0 Å². The summed E-state index contributed by atoms with van der Waals surface area (Å²) in [6.45, 7) is 1.03. The molecule has 1 aromatic heterocycles. The average Bonchev–Trinajstić information content (AvgIpc) is 3.22. The van der Waals surface area contributed by atoms with Crippen LogP contribution in [0.4, 0.5) is 5.13 Å². The molecule has 1 fully saturated rings. The van der Waals surface area contributed by atoms with Crippen LogP contribution < -0.4 is 5.32 Å². The number of rotatable bonds is 9. The lowest BCUT2D eigenvalue weighted by Gasteiger charge is -2.31. The van der Waals surface area contributed by atoms with E-state index < -0.39 is 0 Å². The highest BCUT2D eigenvalue weighted by Gasteiger charge is 2.29. The van der Waals surface area contributed by atoms with Crippen molar-refractivity contribution in [2.24, 2.45) is 5.92 Å². The first-order chi connectivity index (χ1) is 15.6. The third-order valence-electron chi connectivity index (χ3n) is 5.65. The van der Waals surface area contributed by atoms with Gasteiger partial charge in [-0.05, 0) is 37.0 Å². The molecule has 2 aromatic carbocycles. The molecular weight excluding hydrogens is 488 g/mol. The SMILES string of the molecule is O=C(CCN(CCc1ccccc1)C(=O)C1CCC1)Nc1nnc(-c2ccc(Br)cc2)s1. The summed E-state index contributed by atoms with van der Waals surface area (Å²) < 4.78 is 0.993. The van der Waals surface area contributed by atoms with E-state index in [0.29, 0.717) is 18.2 Å². The van der Waals surface area contributed by atoms with E-state index >= 15 is 0 Å². The Morgan fingerprint density at radius 3 is 2.47 bits per heavy atom. The second-order valence-electron chi connectivity index (χ2n) is 7.91. The smallest absolute Gasteiger partial charge is 0.227 e. The van der Waals surface area contributed by atoms with Gasteiger partial charge in [-0.1, -0.05) is 76.2 Å². The molecule has 0 bridgehead atoms. The van der Waals surface area contributed by atoms with E-state index in [1.165, 1.54) is 16.9 Å². The highest BCUT2D eigenvalue weighted by atomic mass is 79.9. The molecule has 0 atom stereocenters. The van der Waals surface area contributed by atoms with Crippen LogP contribution in [0.15, 0.2) is 59.1 Å². The molecule has 6 nitrogen and oxygen atoms in total. The Labute approximate surface area is 200 Å². The Hall–Kier alpha value is -2.58. The molecule has 3 aromatic rings. The van der Waals surface area contributed by atoms with Crippen molar-refractivity contribution in [2.75, 3.05) is 18.4 Å². The number of nitrogens with zero attached hydrogens (tertiary/aromatic N) is 3. The number of hydrogen-bond acceptors (Lipinski definition) is 5. The van der Waals surface area contributed by atoms with Crippen LogP contribution in [-0.2, 0) is 16.0 Å². The van der Waals surface area contributed by atoms with E-state index in [1.807, 2.05) is 47.4 Å². The van der Waals surface area contributed by atoms with E-state index in [-0.39, 0.29) is 24.2 Å². The second kappa shape index (κ2) is 10.8. The Morgan fingerprint density at radius 1 is 1.03 bits per heavy atom. The van der Waals surface area contributed by atoms with E-state index in [1.54, 1.807) is 0 Å². The van der Waals surface area contributed by atoms with Crippen molar-refractivity contribution in [3.05, 3.63) is 64.6 Å². The number of nitrogens with one attached hydrogen (secondary N) is 1. The number of carbonyl (C=O) groups is 2. The zero-order valence-electron chi connectivity index (χ0n) is 17.7. The summed E-state index contributed by atoms with van der Waals surface area (Å²) in [6, 6.07) is 17.9. The Bertz CT molecular complexity index is 1050. The maximum atomic E-state index is 12.9. The standard InChI is InChI=1S/C24H25BrN4O2S/c25-20-11-9-18(10-12-20)22-27-28-24(32-22)26-21(30)14-16-29(23(31)19-7-4-8-19)15-13-17-5-2-1-3-6-17/h1-3,5-6,9-12,19H,4,7-8,13-16H2,(H,26,28,30). The summed E-state index contributed by atoms with van der Waals surface area (Å²) in [6.07, 6.45) is 4.04. The second-order valence-corrected chi connectivity index (χ2v) is 9.80. The van der Waals surface area contributed by atoms with Gasteiger partial charge in [0.25, 0.3) is 0 Å². The first-order valence-electron chi connectivity index (χ1n) is 10.8. The molecule has 1 saturated carbocycles. The van der Waals surface area contributed by atoms with Crippen molar-refractivity contribution >= 4 is 44.2 Å². The van der Waals surface area contributed by atoms with Gasteiger partial charge in [-0.15, -0.1) is 10.2 Å². The molecule has 0 unspecified atom stereocenters. The zero-order valence-corrected chi connectivity index (χ0v) is 20.1. The molecule has 0 spiro atoms. The number of benzene rings is 2. The van der Waals surface area contributed by atoms with Crippen molar-refractivity contribution in [3.8, 4) is 10.6 Å². The fourth-order valence-corrected chi connectivity index (χ4v) is 4.59. The molecular formula is C24H25BrN4O2S.